The van der Waals surface area contributed by atoms with Crippen molar-refractivity contribution in [3.8, 4) is 22.8 Å². The van der Waals surface area contributed by atoms with Gasteiger partial charge in [-0.25, -0.2) is 0 Å². The Morgan fingerprint density at radius 2 is 1.61 bits per heavy atom. The number of furan rings is 1. The van der Waals surface area contributed by atoms with Crippen molar-refractivity contribution in [1.29, 1.82) is 0 Å². The van der Waals surface area contributed by atoms with E-state index in [1.807, 2.05) is 24.3 Å². The van der Waals surface area contributed by atoms with Crippen LogP contribution in [0.3, 0.4) is 0 Å². The van der Waals surface area contributed by atoms with Gasteiger partial charge >= 0.3 is 7.60 Å². The first kappa shape index (κ1) is 35.5. The molecule has 8 nitrogen and oxygen atoms in total. The molecule has 33 heavy (non-hydrogen) atoms. The summed E-state index contributed by atoms with van der Waals surface area (Å²) in [5, 5.41) is 0. The van der Waals surface area contributed by atoms with Crippen LogP contribution in [-0.2, 0) is 21.1 Å². The molecular formula is C20H21K3O8PS. The van der Waals surface area contributed by atoms with Gasteiger partial charge in [0.2, 0.25) is 0 Å². The van der Waals surface area contributed by atoms with Crippen molar-refractivity contribution < 1.29 is 36.5 Å². The second kappa shape index (κ2) is 16.5. The summed E-state index contributed by atoms with van der Waals surface area (Å²) >= 11 is 0. The van der Waals surface area contributed by atoms with E-state index < -0.39 is 22.7 Å². The zero-order chi connectivity index (χ0) is 21.8. The van der Waals surface area contributed by atoms with Gasteiger partial charge in [0, 0.05) is 160 Å². The van der Waals surface area contributed by atoms with Crippen molar-refractivity contribution in [2.75, 3.05) is 0 Å². The van der Waals surface area contributed by atoms with Gasteiger partial charge in [-0.2, -0.15) is 8.42 Å². The number of hydrogen-bond acceptors (Lipinski definition) is 5. The van der Waals surface area contributed by atoms with E-state index in [0.29, 0.717) is 17.9 Å². The summed E-state index contributed by atoms with van der Waals surface area (Å²) < 4.78 is 54.0. The molecule has 0 aliphatic rings. The third kappa shape index (κ3) is 11.8. The van der Waals surface area contributed by atoms with Crippen molar-refractivity contribution in [3.05, 3.63) is 72.5 Å². The Labute approximate surface area is 320 Å². The van der Waals surface area contributed by atoms with Gasteiger partial charge in [0.25, 0.3) is 10.1 Å². The van der Waals surface area contributed by atoms with Gasteiger partial charge in [0.15, 0.2) is 4.99 Å². The van der Waals surface area contributed by atoms with Crippen molar-refractivity contribution in [2.45, 2.75) is 24.3 Å². The molecular weight excluding hydrogens is 549 g/mol. The van der Waals surface area contributed by atoms with E-state index in [2.05, 4.69) is 0 Å². The molecule has 3 N–H and O–H groups in total. The first-order chi connectivity index (χ1) is 14.1. The molecule has 0 fully saturated rings. The largest absolute Gasteiger partial charge is 0.464 e. The van der Waals surface area contributed by atoms with Crippen LogP contribution < -0.4 is 4.74 Å². The average Bonchev–Trinajstić information content (AvgIpc) is 3.19. The van der Waals surface area contributed by atoms with Crippen LogP contribution in [0.4, 0.5) is 0 Å². The number of benzene rings is 2. The van der Waals surface area contributed by atoms with E-state index in [9.17, 15) is 13.0 Å². The van der Waals surface area contributed by atoms with Gasteiger partial charge in [0.05, 0.1) is 6.26 Å². The molecule has 3 aromatic rings. The molecule has 0 saturated heterocycles. The average molecular weight is 570 g/mol. The maximum absolute atomic E-state index is 11.3. The molecule has 1 atom stereocenters. The summed E-state index contributed by atoms with van der Waals surface area (Å²) in [6.07, 6.45) is 1.77. The normalized spacial score (nSPS) is 12.0. The van der Waals surface area contributed by atoms with E-state index >= 15 is 0 Å². The van der Waals surface area contributed by atoms with E-state index in [1.165, 1.54) is 0 Å². The summed E-state index contributed by atoms with van der Waals surface area (Å²) in [6.45, 7) is 0. The number of aryl methyl sites for hydroxylation is 1. The van der Waals surface area contributed by atoms with E-state index in [0.717, 1.165) is 16.9 Å². The molecule has 2 aromatic carbocycles. The maximum atomic E-state index is 11.3. The SMILES string of the molecule is O=P(O)(O)C(CCCc1cccc(Oc2ccc(-c3ccco3)cc2)c1)S(=O)(=O)O.[K].[K].[K]. The molecule has 1 aromatic heterocycles. The minimum atomic E-state index is -4.97. The van der Waals surface area contributed by atoms with Crippen LogP contribution >= 0.6 is 7.60 Å². The Hall–Kier alpha value is 2.49. The molecule has 0 aliphatic heterocycles. The van der Waals surface area contributed by atoms with Gasteiger partial charge in [-0.1, -0.05) is 12.1 Å². The predicted molar refractivity (Wildman–Crippen MR) is 128 cm³/mol. The molecule has 0 aliphatic carbocycles. The first-order valence-electron chi connectivity index (χ1n) is 9.05. The Morgan fingerprint density at radius 3 is 2.15 bits per heavy atom. The van der Waals surface area contributed by atoms with Crippen LogP contribution in [0, 0.1) is 0 Å². The van der Waals surface area contributed by atoms with E-state index in [4.69, 9.17) is 23.5 Å². The maximum Gasteiger partial charge on any atom is 0.346 e. The van der Waals surface area contributed by atoms with Crippen LogP contribution in [0.15, 0.2) is 71.3 Å². The Bertz CT molecular complexity index is 1130. The second-order valence-corrected chi connectivity index (χ2v) is 10.5. The number of rotatable bonds is 9. The van der Waals surface area contributed by atoms with Crippen LogP contribution in [0.5, 0.6) is 11.5 Å². The molecule has 163 valence electrons. The van der Waals surface area contributed by atoms with E-state index in [1.54, 1.807) is 42.7 Å². The fraction of sp³-hybridized carbons (Fsp3) is 0.200. The third-order valence-corrected chi connectivity index (χ3v) is 7.98. The van der Waals surface area contributed by atoms with Gasteiger partial charge in [-0.05, 0) is 73.4 Å². The van der Waals surface area contributed by atoms with Gasteiger partial charge in [-0.15, -0.1) is 0 Å². The minimum absolute atomic E-state index is 0. The molecule has 1 heterocycles. The zero-order valence-corrected chi connectivity index (χ0v) is 29.9. The fourth-order valence-electron chi connectivity index (χ4n) is 3.00. The summed E-state index contributed by atoms with van der Waals surface area (Å²) in [5.74, 6) is 1.94. The molecule has 0 saturated carbocycles. The smallest absolute Gasteiger partial charge is 0.346 e. The summed E-state index contributed by atoms with van der Waals surface area (Å²) in [6, 6.07) is 18.1. The molecule has 3 radical (unpaired) electrons. The number of hydrogen-bond donors (Lipinski definition) is 3. The van der Waals surface area contributed by atoms with Crippen molar-refractivity contribution in [2.24, 2.45) is 0 Å². The standard InChI is InChI=1S/C20H21O8PS.3K/c21-29(22,23)20(30(24,25)26)8-2-5-15-4-1-6-18(14-15)28-17-11-9-16(10-12-17)19-7-3-13-27-19;;;/h1,3-4,6-7,9-14,20H,2,5,8H2,(H2,21,22,23)(H,24,25,26);;;. The minimum Gasteiger partial charge on any atom is -0.464 e. The van der Waals surface area contributed by atoms with Gasteiger partial charge < -0.3 is 18.9 Å². The molecule has 0 bridgehead atoms. The summed E-state index contributed by atoms with van der Waals surface area (Å²) in [7, 11) is -9.81. The first-order valence-corrected chi connectivity index (χ1v) is 12.2. The third-order valence-electron chi connectivity index (χ3n) is 4.43. The monoisotopic (exact) mass is 569 g/mol. The molecule has 3 rings (SSSR count). The van der Waals surface area contributed by atoms with Crippen LogP contribution in [0.25, 0.3) is 11.3 Å². The molecule has 13 heteroatoms. The quantitative estimate of drug-likeness (QED) is 0.203. The van der Waals surface area contributed by atoms with Crippen molar-refractivity contribution in [1.82, 2.24) is 0 Å². The Kier molecular flexibility index (Phi) is 17.7. The van der Waals surface area contributed by atoms with Crippen LogP contribution in [0.2, 0.25) is 0 Å². The molecule has 0 amide bonds. The summed E-state index contributed by atoms with van der Waals surface area (Å²) in [4.78, 5) is 16.2. The zero-order valence-electron chi connectivity index (χ0n) is 18.8. The van der Waals surface area contributed by atoms with Gasteiger partial charge in [-0.3, -0.25) is 9.12 Å². The van der Waals surface area contributed by atoms with Gasteiger partial charge in [0.1, 0.15) is 17.3 Å². The number of ether oxygens (including phenoxy) is 1. The van der Waals surface area contributed by atoms with Crippen LogP contribution in [0.1, 0.15) is 18.4 Å². The Morgan fingerprint density at radius 1 is 0.939 bits per heavy atom. The molecule has 1 unspecified atom stereocenters. The van der Waals surface area contributed by atoms with Crippen LogP contribution in [-0.4, -0.2) is 182 Å². The topological polar surface area (TPSA) is 134 Å². The van der Waals surface area contributed by atoms with Crippen molar-refractivity contribution >= 4 is 172 Å². The van der Waals surface area contributed by atoms with E-state index in [-0.39, 0.29) is 167 Å². The van der Waals surface area contributed by atoms with Crippen molar-refractivity contribution in [3.63, 3.8) is 0 Å². The Balaban J connectivity index is 0.00000341. The fourth-order valence-corrected chi connectivity index (χ4v) is 5.37. The second-order valence-electron chi connectivity index (χ2n) is 6.70. The molecule has 0 spiro atoms. The summed E-state index contributed by atoms with van der Waals surface area (Å²) in [5.41, 5.74) is 1.72. The predicted octanol–water partition coefficient (Wildman–Crippen LogP) is 3.31.